The molecule has 2 aromatic rings. The molecule has 0 bridgehead atoms. The smallest absolute Gasteiger partial charge is 0.201 e. The second-order valence-electron chi connectivity index (χ2n) is 5.68. The molecule has 0 aliphatic carbocycles. The van der Waals surface area contributed by atoms with E-state index < -0.39 is 22.7 Å². The summed E-state index contributed by atoms with van der Waals surface area (Å²) < 4.78 is 0. The second kappa shape index (κ2) is 7.60. The van der Waals surface area contributed by atoms with Crippen LogP contribution in [0, 0.1) is 58.7 Å². The van der Waals surface area contributed by atoms with Crippen molar-refractivity contribution in [3.8, 4) is 18.2 Å². The number of carbonyl (C=O) groups is 1. The molecule has 0 saturated carbocycles. The molecule has 1 aromatic carbocycles. The van der Waals surface area contributed by atoms with E-state index >= 15 is 0 Å². The lowest BCUT2D eigenvalue weighted by atomic mass is 9.67. The molecule has 126 valence electrons. The first-order chi connectivity index (χ1) is 12.4. The van der Waals surface area contributed by atoms with Gasteiger partial charge in [-0.25, -0.2) is 0 Å². The molecular weight excluding hydrogens is 344 g/mol. The predicted molar refractivity (Wildman–Crippen MR) is 97.8 cm³/mol. The van der Waals surface area contributed by atoms with Crippen LogP contribution in [0.25, 0.3) is 0 Å². The van der Waals surface area contributed by atoms with Gasteiger partial charge in [-0.15, -0.1) is 11.3 Å². The Morgan fingerprint density at radius 1 is 1.15 bits per heavy atom. The van der Waals surface area contributed by atoms with Crippen LogP contribution in [-0.2, 0) is 0 Å². The van der Waals surface area contributed by atoms with Gasteiger partial charge in [0.1, 0.15) is 11.6 Å². The molecule has 1 atom stereocenters. The van der Waals surface area contributed by atoms with Gasteiger partial charge in [-0.3, -0.25) is 10.2 Å². The normalized spacial score (nSPS) is 11.3. The largest absolute Gasteiger partial charge is 0.293 e. The highest BCUT2D eigenvalue weighted by molar-refractivity contribution is 7.12. The van der Waals surface area contributed by atoms with Crippen molar-refractivity contribution >= 4 is 23.0 Å². The summed E-state index contributed by atoms with van der Waals surface area (Å²) >= 11 is 1.44. The number of nitrogens with zero attached hydrogens (tertiary/aromatic N) is 3. The quantitative estimate of drug-likeness (QED) is 0.493. The minimum absolute atomic E-state index is 0.331. The summed E-state index contributed by atoms with van der Waals surface area (Å²) in [6, 6.07) is 15.5. The maximum Gasteiger partial charge on any atom is 0.201 e. The first kappa shape index (κ1) is 18.8. The Balaban J connectivity index is 2.85. The van der Waals surface area contributed by atoms with Gasteiger partial charge < -0.3 is 0 Å². The first-order valence-electron chi connectivity index (χ1n) is 7.64. The number of hydrogen-bond acceptors (Lipinski definition) is 6. The van der Waals surface area contributed by atoms with E-state index in [4.69, 9.17) is 5.41 Å². The molecule has 0 aliphatic rings. The molecular formula is C20H14N4OS. The van der Waals surface area contributed by atoms with Gasteiger partial charge >= 0.3 is 0 Å². The monoisotopic (exact) mass is 358 g/mol. The summed E-state index contributed by atoms with van der Waals surface area (Å²) in [5, 5.41) is 36.4. The van der Waals surface area contributed by atoms with Crippen LogP contribution in [0.4, 0.5) is 0 Å². The van der Waals surface area contributed by atoms with E-state index in [1.54, 1.807) is 49.4 Å². The van der Waals surface area contributed by atoms with Gasteiger partial charge in [-0.05, 0) is 31.3 Å². The van der Waals surface area contributed by atoms with E-state index in [-0.39, 0.29) is 0 Å². The lowest BCUT2D eigenvalue weighted by Gasteiger charge is -2.27. The third kappa shape index (κ3) is 3.06. The Bertz CT molecular complexity index is 1010. The van der Waals surface area contributed by atoms with Crippen molar-refractivity contribution in [2.75, 3.05) is 0 Å². The summed E-state index contributed by atoms with van der Waals surface area (Å²) in [6.45, 7) is 3.67. The molecule has 2 rings (SSSR count). The fourth-order valence-corrected chi connectivity index (χ4v) is 3.87. The summed E-state index contributed by atoms with van der Waals surface area (Å²) in [5.41, 5.74) is -1.74. The van der Waals surface area contributed by atoms with Crippen LogP contribution in [0.3, 0.4) is 0 Å². The van der Waals surface area contributed by atoms with Crippen molar-refractivity contribution in [3.63, 3.8) is 0 Å². The van der Waals surface area contributed by atoms with Crippen LogP contribution in [0.15, 0.2) is 42.0 Å². The minimum atomic E-state index is -2.12. The summed E-state index contributed by atoms with van der Waals surface area (Å²) in [5.74, 6) is 0.218. The van der Waals surface area contributed by atoms with Gasteiger partial charge in [-0.2, -0.15) is 15.8 Å². The summed E-state index contributed by atoms with van der Waals surface area (Å²) in [6.07, 6.45) is 0. The molecule has 1 N–H and O–H groups in total. The molecule has 1 heterocycles. The number of thiophene rings is 1. The van der Waals surface area contributed by atoms with Crippen molar-refractivity contribution in [2.45, 2.75) is 19.8 Å². The van der Waals surface area contributed by atoms with E-state index in [9.17, 15) is 20.6 Å². The Morgan fingerprint density at radius 3 is 2.19 bits per heavy atom. The molecule has 0 spiro atoms. The van der Waals surface area contributed by atoms with Crippen LogP contribution >= 0.6 is 11.3 Å². The van der Waals surface area contributed by atoms with Gasteiger partial charge in [0.15, 0.2) is 5.78 Å². The fraction of sp³-hybridized carbons (Fsp3) is 0.200. The van der Waals surface area contributed by atoms with E-state index in [0.717, 1.165) is 9.75 Å². The molecule has 0 amide bonds. The zero-order chi connectivity index (χ0) is 19.3. The van der Waals surface area contributed by atoms with Gasteiger partial charge in [0.05, 0.1) is 18.1 Å². The summed E-state index contributed by atoms with van der Waals surface area (Å²) in [7, 11) is 0. The molecule has 26 heavy (non-hydrogen) atoms. The van der Waals surface area contributed by atoms with Crippen LogP contribution in [0.5, 0.6) is 0 Å². The van der Waals surface area contributed by atoms with Gasteiger partial charge in [0, 0.05) is 15.3 Å². The van der Waals surface area contributed by atoms with E-state index in [1.807, 2.05) is 24.9 Å². The van der Waals surface area contributed by atoms with Gasteiger partial charge in [-0.1, -0.05) is 30.3 Å². The molecule has 6 heteroatoms. The highest BCUT2D eigenvalue weighted by Crippen LogP contribution is 2.45. The van der Waals surface area contributed by atoms with Crippen molar-refractivity contribution in [3.05, 3.63) is 62.9 Å². The average molecular weight is 358 g/mol. The van der Waals surface area contributed by atoms with Crippen LogP contribution in [-0.4, -0.2) is 11.7 Å². The van der Waals surface area contributed by atoms with Gasteiger partial charge in [0.25, 0.3) is 0 Å². The van der Waals surface area contributed by atoms with Crippen LogP contribution in [0.1, 0.15) is 31.6 Å². The topological polar surface area (TPSA) is 112 Å². The number of rotatable bonds is 5. The molecule has 1 aromatic heterocycles. The van der Waals surface area contributed by atoms with E-state index in [1.165, 1.54) is 11.3 Å². The van der Waals surface area contributed by atoms with Crippen molar-refractivity contribution in [2.24, 2.45) is 5.41 Å². The number of aryl methyl sites for hydroxylation is 2. The maximum atomic E-state index is 13.3. The molecule has 1 unspecified atom stereocenters. The van der Waals surface area contributed by atoms with Crippen molar-refractivity contribution < 1.29 is 4.79 Å². The molecule has 0 saturated heterocycles. The Morgan fingerprint density at radius 2 is 1.77 bits per heavy atom. The lowest BCUT2D eigenvalue weighted by molar-refractivity contribution is 0.0934. The van der Waals surface area contributed by atoms with Crippen LogP contribution in [0.2, 0.25) is 0 Å². The summed E-state index contributed by atoms with van der Waals surface area (Å²) in [4.78, 5) is 15.0. The van der Waals surface area contributed by atoms with Crippen molar-refractivity contribution in [1.29, 1.82) is 21.2 Å². The highest BCUT2D eigenvalue weighted by atomic mass is 32.1. The number of carbonyl (C=O) groups excluding carboxylic acids is 1. The second-order valence-corrected chi connectivity index (χ2v) is 7.14. The van der Waals surface area contributed by atoms with Crippen LogP contribution < -0.4 is 0 Å². The minimum Gasteiger partial charge on any atom is -0.293 e. The molecule has 0 aliphatic heterocycles. The van der Waals surface area contributed by atoms with Gasteiger partial charge in [0.2, 0.25) is 5.41 Å². The van der Waals surface area contributed by atoms with E-state index in [0.29, 0.717) is 11.1 Å². The highest BCUT2D eigenvalue weighted by Gasteiger charge is 2.50. The molecule has 0 fully saturated rings. The standard InChI is InChI=1S/C20H14N4OS/c1-13-8-17(14(2)26-13)18(19(25)15-6-4-3-5-7-15)20(11-23,12-24)16(9-21)10-22/h3-8,18,21H,1-2H3. The van der Waals surface area contributed by atoms with E-state index in [2.05, 4.69) is 0 Å². The zero-order valence-corrected chi connectivity index (χ0v) is 15.0. The Kier molecular flexibility index (Phi) is 5.51. The number of benzene rings is 1. The third-order valence-electron chi connectivity index (χ3n) is 4.13. The Hall–Kier alpha value is -3.49. The first-order valence-corrected chi connectivity index (χ1v) is 8.45. The average Bonchev–Trinajstić information content (AvgIpc) is 2.99. The lowest BCUT2D eigenvalue weighted by Crippen LogP contribution is -2.34. The zero-order valence-electron chi connectivity index (χ0n) is 14.2. The molecule has 5 nitrogen and oxygen atoms in total. The number of nitriles is 3. The Labute approximate surface area is 155 Å². The predicted octanol–water partition coefficient (Wildman–Crippen LogP) is 4.06. The fourth-order valence-electron chi connectivity index (χ4n) is 2.90. The third-order valence-corrected chi connectivity index (χ3v) is 5.11. The number of allylic oxidation sites excluding steroid dienone is 1. The molecule has 0 radical (unpaired) electrons. The maximum absolute atomic E-state index is 13.3. The number of ketones is 1. The SMILES string of the molecule is Cc1cc(C(C(=O)c2ccccc2)C(C#N)(C#N)C(=C=N)C#N)c(C)s1. The number of Topliss-reactive ketones (excluding diaryl/α,β-unsaturated/α-hetero) is 1. The number of nitrogens with one attached hydrogen (secondary N) is 1. The van der Waals surface area contributed by atoms with Crippen molar-refractivity contribution in [1.82, 2.24) is 0 Å². The number of hydrogen-bond donors (Lipinski definition) is 1.